The molecule has 3 rings (SSSR count). The molecule has 2 heterocycles. The van der Waals surface area contributed by atoms with Gasteiger partial charge in [-0.2, -0.15) is 0 Å². The molecule has 1 aromatic rings. The number of amides is 1. The van der Waals surface area contributed by atoms with Crippen LogP contribution < -0.4 is 5.32 Å². The standard InChI is InChI=1S/C23H37N5O2.HI/c1-2-24-23(25-17-20-9-5-6-10-21(20)19-29)28-15-13-26(14-16-28)18-22(30)27-11-7-3-4-8-12-27;/h5-6,9-10,29H,2-4,7-8,11-19H2,1H3,(H,24,25);1H. The van der Waals surface area contributed by atoms with Crippen molar-refractivity contribution in [2.24, 2.45) is 4.99 Å². The van der Waals surface area contributed by atoms with Gasteiger partial charge in [0.1, 0.15) is 0 Å². The minimum Gasteiger partial charge on any atom is -0.392 e. The van der Waals surface area contributed by atoms with Gasteiger partial charge < -0.3 is 20.2 Å². The predicted octanol–water partition coefficient (Wildman–Crippen LogP) is 2.28. The zero-order valence-electron chi connectivity index (χ0n) is 18.8. The van der Waals surface area contributed by atoms with Gasteiger partial charge in [-0.25, -0.2) is 4.99 Å². The zero-order chi connectivity index (χ0) is 21.2. The van der Waals surface area contributed by atoms with E-state index in [0.29, 0.717) is 13.1 Å². The van der Waals surface area contributed by atoms with Gasteiger partial charge in [0.15, 0.2) is 5.96 Å². The van der Waals surface area contributed by atoms with Crippen LogP contribution in [0.3, 0.4) is 0 Å². The number of nitrogens with one attached hydrogen (secondary N) is 1. The molecule has 31 heavy (non-hydrogen) atoms. The van der Waals surface area contributed by atoms with Crippen LogP contribution >= 0.6 is 24.0 Å². The highest BCUT2D eigenvalue weighted by atomic mass is 127. The van der Waals surface area contributed by atoms with E-state index in [-0.39, 0.29) is 36.5 Å². The Hall–Kier alpha value is -1.39. The van der Waals surface area contributed by atoms with Crippen LogP contribution in [0.1, 0.15) is 43.7 Å². The van der Waals surface area contributed by atoms with Crippen molar-refractivity contribution in [1.29, 1.82) is 0 Å². The van der Waals surface area contributed by atoms with E-state index in [1.807, 2.05) is 24.3 Å². The minimum absolute atomic E-state index is 0. The molecule has 7 nitrogen and oxygen atoms in total. The van der Waals surface area contributed by atoms with Crippen molar-refractivity contribution < 1.29 is 9.90 Å². The lowest BCUT2D eigenvalue weighted by molar-refractivity contribution is -0.132. The molecule has 174 valence electrons. The fourth-order valence-corrected chi connectivity index (χ4v) is 4.18. The number of guanidine groups is 1. The molecule has 2 N–H and O–H groups in total. The number of rotatable bonds is 6. The van der Waals surface area contributed by atoms with Gasteiger partial charge in [0.2, 0.25) is 5.91 Å². The first-order valence-corrected chi connectivity index (χ1v) is 11.4. The molecule has 2 saturated heterocycles. The second kappa shape index (κ2) is 13.9. The highest BCUT2D eigenvalue weighted by Gasteiger charge is 2.23. The Kier molecular flexibility index (Phi) is 11.6. The van der Waals surface area contributed by atoms with E-state index in [1.54, 1.807) is 0 Å². The summed E-state index contributed by atoms with van der Waals surface area (Å²) in [6.45, 7) is 9.32. The number of carbonyl (C=O) groups excluding carboxylic acids is 1. The van der Waals surface area contributed by atoms with Gasteiger partial charge in [-0.1, -0.05) is 37.1 Å². The Morgan fingerprint density at radius 1 is 0.968 bits per heavy atom. The third-order valence-corrected chi connectivity index (χ3v) is 6.01. The molecule has 0 aromatic heterocycles. The first-order chi connectivity index (χ1) is 14.7. The van der Waals surface area contributed by atoms with Crippen molar-refractivity contribution in [2.75, 3.05) is 52.4 Å². The Labute approximate surface area is 203 Å². The van der Waals surface area contributed by atoms with E-state index in [0.717, 1.165) is 75.7 Å². The van der Waals surface area contributed by atoms with E-state index in [1.165, 1.54) is 12.8 Å². The molecule has 2 aliphatic rings. The van der Waals surface area contributed by atoms with Crippen molar-refractivity contribution in [3.8, 4) is 0 Å². The number of piperazine rings is 1. The van der Waals surface area contributed by atoms with Crippen LogP contribution in [0.4, 0.5) is 0 Å². The van der Waals surface area contributed by atoms with Gasteiger partial charge >= 0.3 is 0 Å². The lowest BCUT2D eigenvalue weighted by Crippen LogP contribution is -2.54. The zero-order valence-corrected chi connectivity index (χ0v) is 21.1. The van der Waals surface area contributed by atoms with Crippen LogP contribution in [0, 0.1) is 0 Å². The molecule has 2 fully saturated rings. The van der Waals surface area contributed by atoms with E-state index < -0.39 is 0 Å². The third-order valence-electron chi connectivity index (χ3n) is 6.01. The average molecular weight is 543 g/mol. The molecular formula is C23H38IN5O2. The van der Waals surface area contributed by atoms with E-state index in [4.69, 9.17) is 4.99 Å². The highest BCUT2D eigenvalue weighted by Crippen LogP contribution is 2.12. The summed E-state index contributed by atoms with van der Waals surface area (Å²) in [6, 6.07) is 7.88. The number of aliphatic hydroxyl groups is 1. The van der Waals surface area contributed by atoms with Crippen molar-refractivity contribution in [3.63, 3.8) is 0 Å². The van der Waals surface area contributed by atoms with Crippen molar-refractivity contribution >= 4 is 35.8 Å². The molecule has 0 radical (unpaired) electrons. The lowest BCUT2D eigenvalue weighted by atomic mass is 10.1. The van der Waals surface area contributed by atoms with Crippen LogP contribution in [-0.2, 0) is 17.9 Å². The first-order valence-electron chi connectivity index (χ1n) is 11.4. The summed E-state index contributed by atoms with van der Waals surface area (Å²) in [5.41, 5.74) is 1.98. The van der Waals surface area contributed by atoms with Crippen molar-refractivity contribution in [1.82, 2.24) is 20.0 Å². The average Bonchev–Trinajstić information content (AvgIpc) is 3.07. The van der Waals surface area contributed by atoms with Gasteiger partial charge in [-0.15, -0.1) is 24.0 Å². The Balaban J connectivity index is 0.00000341. The number of halogens is 1. The second-order valence-corrected chi connectivity index (χ2v) is 8.16. The quantitative estimate of drug-likeness (QED) is 0.328. The number of benzene rings is 1. The number of nitrogens with zero attached hydrogens (tertiary/aromatic N) is 4. The molecule has 1 aromatic carbocycles. The number of carbonyl (C=O) groups is 1. The largest absolute Gasteiger partial charge is 0.392 e. The summed E-state index contributed by atoms with van der Waals surface area (Å²) in [7, 11) is 0. The van der Waals surface area contributed by atoms with Crippen LogP contribution in [-0.4, -0.2) is 84.0 Å². The van der Waals surface area contributed by atoms with Crippen molar-refractivity contribution in [2.45, 2.75) is 45.8 Å². The molecule has 0 atom stereocenters. The number of aliphatic hydroxyl groups excluding tert-OH is 1. The van der Waals surface area contributed by atoms with Crippen LogP contribution in [0.2, 0.25) is 0 Å². The second-order valence-electron chi connectivity index (χ2n) is 8.16. The lowest BCUT2D eigenvalue weighted by Gasteiger charge is -2.37. The first kappa shape index (κ1) is 25.9. The summed E-state index contributed by atoms with van der Waals surface area (Å²) < 4.78 is 0. The number of aliphatic imine (C=N–C) groups is 1. The summed E-state index contributed by atoms with van der Waals surface area (Å²) >= 11 is 0. The summed E-state index contributed by atoms with van der Waals surface area (Å²) in [5.74, 6) is 1.19. The van der Waals surface area contributed by atoms with Gasteiger partial charge in [0.05, 0.1) is 19.7 Å². The molecule has 8 heteroatoms. The van der Waals surface area contributed by atoms with Gasteiger partial charge in [-0.3, -0.25) is 9.69 Å². The van der Waals surface area contributed by atoms with Gasteiger partial charge in [-0.05, 0) is 30.9 Å². The van der Waals surface area contributed by atoms with E-state index >= 15 is 0 Å². The normalized spacial score (nSPS) is 18.3. The summed E-state index contributed by atoms with van der Waals surface area (Å²) in [6.07, 6.45) is 4.78. The Morgan fingerprint density at radius 3 is 2.23 bits per heavy atom. The smallest absolute Gasteiger partial charge is 0.236 e. The Morgan fingerprint density at radius 2 is 1.61 bits per heavy atom. The fourth-order valence-electron chi connectivity index (χ4n) is 4.18. The summed E-state index contributed by atoms with van der Waals surface area (Å²) in [5, 5.41) is 12.9. The topological polar surface area (TPSA) is 71.4 Å². The highest BCUT2D eigenvalue weighted by molar-refractivity contribution is 14.0. The van der Waals surface area contributed by atoms with Crippen molar-refractivity contribution in [3.05, 3.63) is 35.4 Å². The summed E-state index contributed by atoms with van der Waals surface area (Å²) in [4.78, 5) is 24.1. The molecule has 0 spiro atoms. The predicted molar refractivity (Wildman–Crippen MR) is 136 cm³/mol. The molecule has 1 amide bonds. The van der Waals surface area contributed by atoms with Crippen LogP contribution in [0.15, 0.2) is 29.3 Å². The SMILES string of the molecule is CCNC(=NCc1ccccc1CO)N1CCN(CC(=O)N2CCCCCC2)CC1.I. The van der Waals surface area contributed by atoms with E-state index in [2.05, 4.69) is 26.9 Å². The molecule has 0 saturated carbocycles. The third kappa shape index (κ3) is 7.91. The number of hydrogen-bond acceptors (Lipinski definition) is 4. The molecular weight excluding hydrogens is 505 g/mol. The van der Waals surface area contributed by atoms with Gasteiger partial charge in [0.25, 0.3) is 0 Å². The monoisotopic (exact) mass is 543 g/mol. The fraction of sp³-hybridized carbons (Fsp3) is 0.652. The van der Waals surface area contributed by atoms with Crippen LogP contribution in [0.5, 0.6) is 0 Å². The maximum atomic E-state index is 12.7. The van der Waals surface area contributed by atoms with Crippen LogP contribution in [0.25, 0.3) is 0 Å². The maximum Gasteiger partial charge on any atom is 0.236 e. The molecule has 0 aliphatic carbocycles. The minimum atomic E-state index is 0. The molecule has 2 aliphatic heterocycles. The van der Waals surface area contributed by atoms with E-state index in [9.17, 15) is 9.90 Å². The van der Waals surface area contributed by atoms with Gasteiger partial charge in [0, 0.05) is 45.8 Å². The number of hydrogen-bond donors (Lipinski definition) is 2. The number of likely N-dealkylation sites (tertiary alicyclic amines) is 1. The molecule has 0 bridgehead atoms. The Bertz CT molecular complexity index is 699. The molecule has 0 unspecified atom stereocenters. The maximum absolute atomic E-state index is 12.7.